The Labute approximate surface area is 144 Å². The lowest BCUT2D eigenvalue weighted by Crippen LogP contribution is -2.31. The van der Waals surface area contributed by atoms with Crippen molar-refractivity contribution in [3.63, 3.8) is 0 Å². The second-order valence-corrected chi connectivity index (χ2v) is 7.43. The maximum absolute atomic E-state index is 12.9. The molecule has 0 unspecified atom stereocenters. The summed E-state index contributed by atoms with van der Waals surface area (Å²) in [5, 5.41) is 0.678. The summed E-state index contributed by atoms with van der Waals surface area (Å²) in [5.41, 5.74) is 0.347. The number of para-hydroxylation sites is 1. The van der Waals surface area contributed by atoms with Gasteiger partial charge in [-0.2, -0.15) is 0 Å². The fourth-order valence-corrected chi connectivity index (χ4v) is 4.37. The zero-order valence-corrected chi connectivity index (χ0v) is 14.4. The summed E-state index contributed by atoms with van der Waals surface area (Å²) in [7, 11) is -3.93. The van der Waals surface area contributed by atoms with Crippen LogP contribution in [0.4, 0.5) is 5.69 Å². The zero-order valence-electron chi connectivity index (χ0n) is 11.3. The van der Waals surface area contributed by atoms with E-state index in [1.54, 1.807) is 24.3 Å². The molecule has 0 fully saturated rings. The van der Waals surface area contributed by atoms with Crippen LogP contribution in [-0.4, -0.2) is 15.0 Å². The average molecular weight is 377 g/mol. The van der Waals surface area contributed by atoms with E-state index in [-0.39, 0.29) is 21.5 Å². The Morgan fingerprint density at radius 2 is 1.73 bits per heavy atom. The van der Waals surface area contributed by atoms with Gasteiger partial charge in [-0.25, -0.2) is 8.42 Å². The molecule has 0 bridgehead atoms. The molecular weight excluding hydrogens is 365 g/mol. The van der Waals surface area contributed by atoms with Gasteiger partial charge in [0.25, 0.3) is 10.0 Å². The van der Waals surface area contributed by atoms with E-state index in [4.69, 9.17) is 34.8 Å². The molecule has 0 radical (unpaired) electrons. The minimum atomic E-state index is -3.93. The zero-order chi connectivity index (χ0) is 16.3. The summed E-state index contributed by atoms with van der Waals surface area (Å²) < 4.78 is 27.0. The molecule has 0 aliphatic carbocycles. The van der Waals surface area contributed by atoms with E-state index in [1.807, 2.05) is 0 Å². The molecule has 7 heteroatoms. The monoisotopic (exact) mass is 375 g/mol. The number of hydrogen-bond acceptors (Lipinski definition) is 2. The lowest BCUT2D eigenvalue weighted by Gasteiger charge is -2.24. The summed E-state index contributed by atoms with van der Waals surface area (Å²) in [6.07, 6.45) is 1.47. The van der Waals surface area contributed by atoms with Gasteiger partial charge in [0.15, 0.2) is 0 Å². The van der Waals surface area contributed by atoms with E-state index in [0.29, 0.717) is 10.7 Å². The van der Waals surface area contributed by atoms with Crippen molar-refractivity contribution in [1.29, 1.82) is 0 Å². The van der Waals surface area contributed by atoms with Gasteiger partial charge in [0.1, 0.15) is 4.90 Å². The Morgan fingerprint density at radius 3 is 2.36 bits per heavy atom. The van der Waals surface area contributed by atoms with Crippen molar-refractivity contribution in [1.82, 2.24) is 0 Å². The second kappa shape index (κ2) is 6.92. The van der Waals surface area contributed by atoms with Gasteiger partial charge in [-0.05, 0) is 30.3 Å². The third-order valence-corrected chi connectivity index (χ3v) is 5.69. The van der Waals surface area contributed by atoms with Crippen LogP contribution in [0.5, 0.6) is 0 Å². The summed E-state index contributed by atoms with van der Waals surface area (Å²) in [6, 6.07) is 10.9. The van der Waals surface area contributed by atoms with Gasteiger partial charge < -0.3 is 0 Å². The predicted octanol–water partition coefficient (Wildman–Crippen LogP) is 5.03. The average Bonchev–Trinajstić information content (AvgIpc) is 2.48. The molecule has 0 saturated carbocycles. The van der Waals surface area contributed by atoms with Gasteiger partial charge in [-0.3, -0.25) is 4.31 Å². The number of sulfonamides is 1. The highest BCUT2D eigenvalue weighted by Gasteiger charge is 2.28. The van der Waals surface area contributed by atoms with Gasteiger partial charge in [-0.15, -0.1) is 6.58 Å². The van der Waals surface area contributed by atoms with Gasteiger partial charge in [0.05, 0.1) is 22.3 Å². The number of nitrogens with zero attached hydrogens (tertiary/aromatic N) is 1. The smallest absolute Gasteiger partial charge is 0.261 e. The molecule has 2 aromatic carbocycles. The number of rotatable bonds is 5. The Balaban J connectivity index is 2.63. The molecular formula is C15H12Cl3NO2S. The molecule has 3 nitrogen and oxygen atoms in total. The van der Waals surface area contributed by atoms with Crippen LogP contribution in [0.3, 0.4) is 0 Å². The lowest BCUT2D eigenvalue weighted by molar-refractivity contribution is 0.593. The lowest BCUT2D eigenvalue weighted by atomic mass is 10.3. The molecule has 116 valence electrons. The van der Waals surface area contributed by atoms with Gasteiger partial charge in [0.2, 0.25) is 0 Å². The fraction of sp³-hybridized carbons (Fsp3) is 0.0667. The van der Waals surface area contributed by atoms with Crippen molar-refractivity contribution in [2.45, 2.75) is 4.90 Å². The quantitative estimate of drug-likeness (QED) is 0.686. The van der Waals surface area contributed by atoms with Crippen molar-refractivity contribution in [2.75, 3.05) is 10.8 Å². The first-order valence-electron chi connectivity index (χ1n) is 6.21. The number of anilines is 1. The molecule has 0 saturated heterocycles. The Hall–Kier alpha value is -1.20. The van der Waals surface area contributed by atoms with Crippen LogP contribution in [0.15, 0.2) is 60.0 Å². The van der Waals surface area contributed by atoms with E-state index in [2.05, 4.69) is 6.58 Å². The van der Waals surface area contributed by atoms with Crippen molar-refractivity contribution < 1.29 is 8.42 Å². The van der Waals surface area contributed by atoms with Crippen LogP contribution in [0.2, 0.25) is 15.1 Å². The van der Waals surface area contributed by atoms with Gasteiger partial charge in [0, 0.05) is 5.02 Å². The number of halogens is 3. The molecule has 0 aromatic heterocycles. The SMILES string of the molecule is C=CCN(c1ccccc1Cl)S(=O)(=O)c1cc(Cl)ccc1Cl. The van der Waals surface area contributed by atoms with Crippen molar-refractivity contribution >= 4 is 50.5 Å². The first-order chi connectivity index (χ1) is 10.4. The molecule has 0 N–H and O–H groups in total. The Morgan fingerprint density at radius 1 is 1.05 bits per heavy atom. The van der Waals surface area contributed by atoms with Gasteiger partial charge >= 0.3 is 0 Å². The molecule has 2 aromatic rings. The largest absolute Gasteiger partial charge is 0.266 e. The molecule has 0 aliphatic rings. The number of benzene rings is 2. The minimum absolute atomic E-state index is 0.0505. The van der Waals surface area contributed by atoms with Crippen LogP contribution in [0.25, 0.3) is 0 Å². The molecule has 22 heavy (non-hydrogen) atoms. The van der Waals surface area contributed by atoms with E-state index in [0.717, 1.165) is 4.31 Å². The van der Waals surface area contributed by atoms with Crippen LogP contribution >= 0.6 is 34.8 Å². The maximum Gasteiger partial charge on any atom is 0.266 e. The fourth-order valence-electron chi connectivity index (χ4n) is 1.89. The third kappa shape index (κ3) is 3.41. The molecule has 0 aliphatic heterocycles. The molecule has 0 spiro atoms. The summed E-state index contributed by atoms with van der Waals surface area (Å²) >= 11 is 18.0. The van der Waals surface area contributed by atoms with Crippen molar-refractivity contribution in [2.24, 2.45) is 0 Å². The first-order valence-corrected chi connectivity index (χ1v) is 8.78. The minimum Gasteiger partial charge on any atom is -0.261 e. The van der Waals surface area contributed by atoms with E-state index in [9.17, 15) is 8.42 Å². The summed E-state index contributed by atoms with van der Waals surface area (Å²) in [5.74, 6) is 0. The van der Waals surface area contributed by atoms with E-state index < -0.39 is 10.0 Å². The second-order valence-electron chi connectivity index (χ2n) is 4.35. The Kier molecular flexibility index (Phi) is 5.40. The highest BCUT2D eigenvalue weighted by atomic mass is 35.5. The Bertz CT molecular complexity index is 806. The number of hydrogen-bond donors (Lipinski definition) is 0. The van der Waals surface area contributed by atoms with Crippen LogP contribution in [-0.2, 0) is 10.0 Å². The molecule has 2 rings (SSSR count). The maximum atomic E-state index is 12.9. The highest BCUT2D eigenvalue weighted by Crippen LogP contribution is 2.33. The molecule has 0 heterocycles. The third-order valence-electron chi connectivity index (χ3n) is 2.88. The van der Waals surface area contributed by atoms with Crippen molar-refractivity contribution in [3.8, 4) is 0 Å². The highest BCUT2D eigenvalue weighted by molar-refractivity contribution is 7.93. The van der Waals surface area contributed by atoms with E-state index >= 15 is 0 Å². The normalized spacial score (nSPS) is 11.2. The first kappa shape index (κ1) is 17.2. The van der Waals surface area contributed by atoms with Gasteiger partial charge in [-0.1, -0.05) is 53.0 Å². The van der Waals surface area contributed by atoms with Crippen molar-refractivity contribution in [3.05, 3.63) is 70.2 Å². The summed E-state index contributed by atoms with van der Waals surface area (Å²) in [6.45, 7) is 3.65. The predicted molar refractivity (Wildman–Crippen MR) is 92.6 cm³/mol. The topological polar surface area (TPSA) is 37.4 Å². The standard InChI is InChI=1S/C15H12Cl3NO2S/c1-2-9-19(14-6-4-3-5-12(14)17)22(20,21)15-10-11(16)7-8-13(15)18/h2-8,10H,1,9H2. The molecule has 0 amide bonds. The van der Waals surface area contributed by atoms with Crippen LogP contribution in [0, 0.1) is 0 Å². The summed E-state index contributed by atoms with van der Waals surface area (Å²) in [4.78, 5) is -0.0802. The van der Waals surface area contributed by atoms with E-state index in [1.165, 1.54) is 24.3 Å². The molecule has 0 atom stereocenters. The van der Waals surface area contributed by atoms with Crippen LogP contribution < -0.4 is 4.31 Å². The van der Waals surface area contributed by atoms with Crippen LogP contribution in [0.1, 0.15) is 0 Å².